The maximum absolute atomic E-state index is 12.5. The van der Waals surface area contributed by atoms with Crippen molar-refractivity contribution in [1.82, 2.24) is 25.5 Å². The molecule has 2 amide bonds. The molecule has 1 aliphatic heterocycles. The highest BCUT2D eigenvalue weighted by Crippen LogP contribution is 2.09. The number of aromatic nitrogens is 2. The van der Waals surface area contributed by atoms with Gasteiger partial charge in [0.05, 0.1) is 13.2 Å². The van der Waals surface area contributed by atoms with Crippen LogP contribution in [0.4, 0.5) is 5.95 Å². The molecule has 1 saturated heterocycles. The number of hydrogen-bond donors (Lipinski definition) is 5. The van der Waals surface area contributed by atoms with Gasteiger partial charge in [0.15, 0.2) is 0 Å². The van der Waals surface area contributed by atoms with Gasteiger partial charge in [0.2, 0.25) is 17.8 Å². The number of nitrogen functional groups attached to an aromatic ring is 1. The number of nitrogens with two attached hydrogens (primary N) is 1. The molecule has 0 aliphatic carbocycles. The van der Waals surface area contributed by atoms with Gasteiger partial charge in [-0.15, -0.1) is 12.4 Å². The van der Waals surface area contributed by atoms with Crippen LogP contribution in [0, 0.1) is 5.41 Å². The number of piperazine rings is 1. The zero-order valence-corrected chi connectivity index (χ0v) is 18.9. The Labute approximate surface area is 198 Å². The van der Waals surface area contributed by atoms with Crippen molar-refractivity contribution >= 4 is 36.0 Å². The number of carbonyl (C=O) groups excluding carboxylic acids is 2. The van der Waals surface area contributed by atoms with Gasteiger partial charge in [-0.1, -0.05) is 24.3 Å². The molecule has 0 saturated carbocycles. The average Bonchev–Trinajstić information content (AvgIpc) is 2.83. The number of amidine groups is 1. The van der Waals surface area contributed by atoms with Gasteiger partial charge in [-0.3, -0.25) is 20.3 Å². The first-order chi connectivity index (χ1) is 15.5. The van der Waals surface area contributed by atoms with Crippen molar-refractivity contribution in [3.63, 3.8) is 0 Å². The summed E-state index contributed by atoms with van der Waals surface area (Å²) >= 11 is 0. The van der Waals surface area contributed by atoms with Gasteiger partial charge in [0.1, 0.15) is 11.9 Å². The first-order valence-corrected chi connectivity index (χ1v) is 10.3. The third kappa shape index (κ3) is 7.38. The number of carbonyl (C=O) groups is 2. The van der Waals surface area contributed by atoms with E-state index < -0.39 is 18.6 Å². The lowest BCUT2D eigenvalue weighted by atomic mass is 10.1. The SMILES string of the molecule is Cl.N=C(N)c1ccc(CNC(CO)C(=O)NCC(=O)N2CCN(c3ncccn3)CC2)cc1. The van der Waals surface area contributed by atoms with E-state index in [9.17, 15) is 14.7 Å². The molecule has 2 aromatic rings. The van der Waals surface area contributed by atoms with Crippen LogP contribution >= 0.6 is 12.4 Å². The maximum Gasteiger partial charge on any atom is 0.242 e. The number of anilines is 1. The molecular formula is C21H29ClN8O3. The van der Waals surface area contributed by atoms with Gasteiger partial charge in [-0.05, 0) is 11.6 Å². The smallest absolute Gasteiger partial charge is 0.242 e. The monoisotopic (exact) mass is 476 g/mol. The fourth-order valence-electron chi connectivity index (χ4n) is 3.29. The zero-order chi connectivity index (χ0) is 22.9. The fourth-order valence-corrected chi connectivity index (χ4v) is 3.29. The Morgan fingerprint density at radius 2 is 1.76 bits per heavy atom. The summed E-state index contributed by atoms with van der Waals surface area (Å²) < 4.78 is 0. The minimum absolute atomic E-state index is 0. The first-order valence-electron chi connectivity index (χ1n) is 10.3. The Balaban J connectivity index is 0.00000385. The number of aliphatic hydroxyl groups is 1. The quantitative estimate of drug-likeness (QED) is 0.230. The first kappa shape index (κ1) is 26.0. The lowest BCUT2D eigenvalue weighted by Crippen LogP contribution is -2.53. The van der Waals surface area contributed by atoms with Crippen molar-refractivity contribution in [2.24, 2.45) is 5.73 Å². The molecule has 0 bridgehead atoms. The average molecular weight is 477 g/mol. The fraction of sp³-hybridized carbons (Fsp3) is 0.381. The van der Waals surface area contributed by atoms with Crippen molar-refractivity contribution in [3.8, 4) is 0 Å². The van der Waals surface area contributed by atoms with Crippen molar-refractivity contribution < 1.29 is 14.7 Å². The van der Waals surface area contributed by atoms with Crippen LogP contribution in [0.25, 0.3) is 0 Å². The summed E-state index contributed by atoms with van der Waals surface area (Å²) in [5, 5.41) is 22.5. The summed E-state index contributed by atoms with van der Waals surface area (Å²) in [5.41, 5.74) is 6.92. The van der Waals surface area contributed by atoms with Crippen LogP contribution in [0.3, 0.4) is 0 Å². The van der Waals surface area contributed by atoms with Crippen LogP contribution in [-0.2, 0) is 16.1 Å². The van der Waals surface area contributed by atoms with Crippen LogP contribution in [0.15, 0.2) is 42.7 Å². The van der Waals surface area contributed by atoms with Crippen LogP contribution in [0.2, 0.25) is 0 Å². The molecule has 1 aromatic carbocycles. The lowest BCUT2D eigenvalue weighted by molar-refractivity contribution is -0.133. The Hall–Kier alpha value is -3.28. The Bertz CT molecular complexity index is 921. The molecule has 2 heterocycles. The number of hydrogen-bond acceptors (Lipinski definition) is 8. The van der Waals surface area contributed by atoms with E-state index in [2.05, 4.69) is 20.6 Å². The van der Waals surface area contributed by atoms with Crippen molar-refractivity contribution in [1.29, 1.82) is 5.41 Å². The number of aliphatic hydroxyl groups excluding tert-OH is 1. The van der Waals surface area contributed by atoms with E-state index in [1.165, 1.54) is 0 Å². The molecule has 12 heteroatoms. The van der Waals surface area contributed by atoms with Gasteiger partial charge in [0, 0.05) is 50.7 Å². The number of amides is 2. The standard InChI is InChI=1S/C21H28N8O3.ClH/c22-19(23)16-4-2-15(3-5-16)12-26-17(14-30)20(32)27-13-18(31)28-8-10-29(11-9-28)21-24-6-1-7-25-21;/h1-7,17,26,30H,8-14H2,(H3,22,23)(H,27,32);1H. The van der Waals surface area contributed by atoms with Crippen LogP contribution in [0.5, 0.6) is 0 Å². The molecule has 0 radical (unpaired) electrons. The molecule has 3 rings (SSSR count). The summed E-state index contributed by atoms with van der Waals surface area (Å²) in [6.07, 6.45) is 3.37. The number of benzene rings is 1. The van der Waals surface area contributed by atoms with E-state index in [1.54, 1.807) is 47.6 Å². The molecule has 1 aliphatic rings. The zero-order valence-electron chi connectivity index (χ0n) is 18.1. The predicted octanol–water partition coefficient (Wildman–Crippen LogP) is -0.902. The lowest BCUT2D eigenvalue weighted by Gasteiger charge is -2.34. The molecule has 33 heavy (non-hydrogen) atoms. The van der Waals surface area contributed by atoms with Crippen molar-refractivity contribution in [2.45, 2.75) is 12.6 Å². The largest absolute Gasteiger partial charge is 0.394 e. The summed E-state index contributed by atoms with van der Waals surface area (Å²) in [5.74, 6) is -0.00156. The van der Waals surface area contributed by atoms with Crippen LogP contribution in [0.1, 0.15) is 11.1 Å². The molecule has 1 unspecified atom stereocenters. The highest BCUT2D eigenvalue weighted by molar-refractivity contribution is 5.94. The maximum atomic E-state index is 12.5. The third-order valence-corrected chi connectivity index (χ3v) is 5.20. The Morgan fingerprint density at radius 1 is 1.12 bits per heavy atom. The van der Waals surface area contributed by atoms with E-state index in [4.69, 9.17) is 11.1 Å². The van der Waals surface area contributed by atoms with E-state index in [1.807, 2.05) is 4.90 Å². The van der Waals surface area contributed by atoms with Gasteiger partial charge in [0.25, 0.3) is 0 Å². The highest BCUT2D eigenvalue weighted by atomic mass is 35.5. The van der Waals surface area contributed by atoms with Crippen molar-refractivity contribution in [2.75, 3.05) is 44.2 Å². The normalized spacial score (nSPS) is 14.2. The van der Waals surface area contributed by atoms with Gasteiger partial charge in [-0.2, -0.15) is 0 Å². The minimum atomic E-state index is -0.845. The number of nitrogens with one attached hydrogen (secondary N) is 3. The predicted molar refractivity (Wildman–Crippen MR) is 126 cm³/mol. The summed E-state index contributed by atoms with van der Waals surface area (Å²) in [7, 11) is 0. The van der Waals surface area contributed by atoms with E-state index >= 15 is 0 Å². The topological polar surface area (TPSA) is 161 Å². The molecule has 0 spiro atoms. The number of halogens is 1. The molecule has 1 fully saturated rings. The van der Waals surface area contributed by atoms with Gasteiger partial charge in [-0.25, -0.2) is 9.97 Å². The van der Waals surface area contributed by atoms with Gasteiger partial charge < -0.3 is 26.0 Å². The molecule has 178 valence electrons. The summed E-state index contributed by atoms with van der Waals surface area (Å²) in [6, 6.07) is 7.93. The summed E-state index contributed by atoms with van der Waals surface area (Å²) in [6.45, 7) is 2.08. The second-order valence-corrected chi connectivity index (χ2v) is 7.36. The van der Waals surface area contributed by atoms with Crippen LogP contribution in [-0.4, -0.2) is 83.0 Å². The number of nitrogens with zero attached hydrogens (tertiary/aromatic N) is 4. The highest BCUT2D eigenvalue weighted by Gasteiger charge is 2.24. The molecular weight excluding hydrogens is 448 g/mol. The second kappa shape index (κ2) is 12.7. The minimum Gasteiger partial charge on any atom is -0.394 e. The molecule has 1 aromatic heterocycles. The Kier molecular flexibility index (Phi) is 9.98. The van der Waals surface area contributed by atoms with Gasteiger partial charge >= 0.3 is 0 Å². The molecule has 1 atom stereocenters. The Morgan fingerprint density at radius 3 is 2.33 bits per heavy atom. The van der Waals surface area contributed by atoms with E-state index in [-0.39, 0.29) is 30.7 Å². The molecule has 11 nitrogen and oxygen atoms in total. The third-order valence-electron chi connectivity index (χ3n) is 5.20. The van der Waals surface area contributed by atoms with E-state index in [0.29, 0.717) is 44.2 Å². The van der Waals surface area contributed by atoms with Crippen LogP contribution < -0.4 is 21.3 Å². The van der Waals surface area contributed by atoms with Crippen molar-refractivity contribution in [3.05, 3.63) is 53.9 Å². The molecule has 6 N–H and O–H groups in total. The van der Waals surface area contributed by atoms with E-state index in [0.717, 1.165) is 5.56 Å². The number of rotatable bonds is 9. The summed E-state index contributed by atoms with van der Waals surface area (Å²) in [4.78, 5) is 37.0. The second-order valence-electron chi connectivity index (χ2n) is 7.36.